The summed E-state index contributed by atoms with van der Waals surface area (Å²) in [6, 6.07) is 0.558. The summed E-state index contributed by atoms with van der Waals surface area (Å²) in [5, 5.41) is 3.29. The van der Waals surface area contributed by atoms with E-state index in [1.54, 1.807) is 7.05 Å². The average Bonchev–Trinajstić information content (AvgIpc) is 2.34. The van der Waals surface area contributed by atoms with Crippen LogP contribution in [0.1, 0.15) is 33.1 Å². The maximum Gasteiger partial charge on any atom is 0.279 e. The quantitative estimate of drug-likeness (QED) is 0.658. The van der Waals surface area contributed by atoms with Gasteiger partial charge in [-0.15, -0.1) is 0 Å². The van der Waals surface area contributed by atoms with Crippen LogP contribution < -0.4 is 10.0 Å². The Labute approximate surface area is 122 Å². The fourth-order valence-corrected chi connectivity index (χ4v) is 4.24. The van der Waals surface area contributed by atoms with Crippen molar-refractivity contribution in [1.29, 1.82) is 0 Å². The summed E-state index contributed by atoms with van der Waals surface area (Å²) in [5.74, 6) is 2.10. The molecule has 0 aliphatic carbocycles. The average molecular weight is 310 g/mol. The van der Waals surface area contributed by atoms with Crippen LogP contribution in [0.15, 0.2) is 0 Å². The topological polar surface area (TPSA) is 61.4 Å². The monoisotopic (exact) mass is 309 g/mol. The van der Waals surface area contributed by atoms with Gasteiger partial charge in [-0.25, -0.2) is 0 Å². The van der Waals surface area contributed by atoms with E-state index in [2.05, 4.69) is 23.9 Å². The van der Waals surface area contributed by atoms with Crippen molar-refractivity contribution in [2.24, 2.45) is 0 Å². The number of nitrogens with one attached hydrogen (secondary N) is 2. The standard InChI is InChI=1S/C12H27N3O2S2/c1-11(2)13-7-4-8-15(3)19(16,17)14-12-5-9-18-10-6-12/h11-14H,4-10H2,1-3H3. The molecule has 0 aromatic carbocycles. The Bertz CT molecular complexity index is 341. The summed E-state index contributed by atoms with van der Waals surface area (Å²) < 4.78 is 28.5. The van der Waals surface area contributed by atoms with Crippen LogP contribution in [0.25, 0.3) is 0 Å². The zero-order chi connectivity index (χ0) is 14.3. The van der Waals surface area contributed by atoms with E-state index in [1.807, 2.05) is 11.8 Å². The first-order chi connectivity index (χ1) is 8.92. The highest BCUT2D eigenvalue weighted by molar-refractivity contribution is 7.99. The molecule has 1 heterocycles. The molecule has 1 saturated heterocycles. The first-order valence-electron chi connectivity index (χ1n) is 6.96. The minimum atomic E-state index is -3.31. The van der Waals surface area contributed by atoms with Gasteiger partial charge in [-0.1, -0.05) is 13.8 Å². The van der Waals surface area contributed by atoms with Gasteiger partial charge in [0.25, 0.3) is 10.2 Å². The van der Waals surface area contributed by atoms with Gasteiger partial charge >= 0.3 is 0 Å². The summed E-state index contributed by atoms with van der Waals surface area (Å²) in [6.45, 7) is 5.57. The molecule has 0 radical (unpaired) electrons. The fraction of sp³-hybridized carbons (Fsp3) is 1.00. The minimum absolute atomic E-state index is 0.113. The summed E-state index contributed by atoms with van der Waals surface area (Å²) >= 11 is 1.90. The largest absolute Gasteiger partial charge is 0.314 e. The van der Waals surface area contributed by atoms with Crippen LogP contribution in [0, 0.1) is 0 Å². The molecule has 2 N–H and O–H groups in total. The maximum atomic E-state index is 12.1. The molecule has 0 bridgehead atoms. The molecular formula is C12H27N3O2S2. The van der Waals surface area contributed by atoms with E-state index >= 15 is 0 Å². The lowest BCUT2D eigenvalue weighted by Gasteiger charge is -2.25. The lowest BCUT2D eigenvalue weighted by Crippen LogP contribution is -2.45. The highest BCUT2D eigenvalue weighted by atomic mass is 32.2. The van der Waals surface area contributed by atoms with Gasteiger partial charge < -0.3 is 5.32 Å². The van der Waals surface area contributed by atoms with E-state index in [9.17, 15) is 8.42 Å². The second-order valence-corrected chi connectivity index (χ2v) is 8.33. The van der Waals surface area contributed by atoms with Crippen LogP contribution in [-0.2, 0) is 10.2 Å². The highest BCUT2D eigenvalue weighted by Crippen LogP contribution is 2.17. The molecule has 0 unspecified atom stereocenters. The smallest absolute Gasteiger partial charge is 0.279 e. The Balaban J connectivity index is 2.30. The second-order valence-electron chi connectivity index (χ2n) is 5.29. The van der Waals surface area contributed by atoms with Gasteiger partial charge in [0.2, 0.25) is 0 Å². The third kappa shape index (κ3) is 6.94. The van der Waals surface area contributed by atoms with E-state index in [4.69, 9.17) is 0 Å². The summed E-state index contributed by atoms with van der Waals surface area (Å²) in [4.78, 5) is 0. The molecule has 1 aliphatic rings. The normalized spacial score (nSPS) is 18.4. The third-order valence-corrected chi connectivity index (χ3v) is 5.83. The third-order valence-electron chi connectivity index (χ3n) is 3.15. The number of hydrogen-bond acceptors (Lipinski definition) is 4. The zero-order valence-corrected chi connectivity index (χ0v) is 13.8. The molecule has 0 aromatic rings. The molecular weight excluding hydrogens is 282 g/mol. The molecule has 1 rings (SSSR count). The first kappa shape index (κ1) is 17.2. The van der Waals surface area contributed by atoms with Crippen molar-refractivity contribution < 1.29 is 8.42 Å². The van der Waals surface area contributed by atoms with Crippen LogP contribution in [0.4, 0.5) is 0 Å². The molecule has 0 spiro atoms. The van der Waals surface area contributed by atoms with Crippen LogP contribution in [0.3, 0.4) is 0 Å². The SMILES string of the molecule is CC(C)NCCCN(C)S(=O)(=O)NC1CCSCC1. The van der Waals surface area contributed by atoms with Crippen molar-refractivity contribution in [3.8, 4) is 0 Å². The Hall–Kier alpha value is 0.180. The van der Waals surface area contributed by atoms with Crippen LogP contribution in [0.5, 0.6) is 0 Å². The number of hydrogen-bond donors (Lipinski definition) is 2. The van der Waals surface area contributed by atoms with Gasteiger partial charge in [0, 0.05) is 25.7 Å². The fourth-order valence-electron chi connectivity index (χ4n) is 1.93. The van der Waals surface area contributed by atoms with E-state index in [0.717, 1.165) is 37.3 Å². The van der Waals surface area contributed by atoms with Crippen LogP contribution in [-0.4, -0.2) is 56.4 Å². The van der Waals surface area contributed by atoms with Crippen LogP contribution >= 0.6 is 11.8 Å². The zero-order valence-electron chi connectivity index (χ0n) is 12.2. The lowest BCUT2D eigenvalue weighted by molar-refractivity contribution is 0.426. The van der Waals surface area contributed by atoms with E-state index in [1.165, 1.54) is 4.31 Å². The number of rotatable bonds is 8. The minimum Gasteiger partial charge on any atom is -0.314 e. The predicted molar refractivity (Wildman–Crippen MR) is 82.8 cm³/mol. The Morgan fingerprint density at radius 3 is 2.53 bits per heavy atom. The molecule has 1 fully saturated rings. The van der Waals surface area contributed by atoms with Gasteiger partial charge in [-0.3, -0.25) is 0 Å². The molecule has 0 amide bonds. The van der Waals surface area contributed by atoms with E-state index < -0.39 is 10.2 Å². The molecule has 114 valence electrons. The van der Waals surface area contributed by atoms with Crippen molar-refractivity contribution in [3.63, 3.8) is 0 Å². The van der Waals surface area contributed by atoms with Gasteiger partial charge in [0.15, 0.2) is 0 Å². The summed E-state index contributed by atoms with van der Waals surface area (Å²) in [6.07, 6.45) is 2.70. The van der Waals surface area contributed by atoms with Crippen molar-refractivity contribution in [2.75, 3.05) is 31.6 Å². The molecule has 5 nitrogen and oxygen atoms in total. The number of thioether (sulfide) groups is 1. The summed E-state index contributed by atoms with van der Waals surface area (Å²) in [5.41, 5.74) is 0. The van der Waals surface area contributed by atoms with E-state index in [-0.39, 0.29) is 6.04 Å². The first-order valence-corrected chi connectivity index (χ1v) is 9.56. The van der Waals surface area contributed by atoms with E-state index in [0.29, 0.717) is 12.6 Å². The van der Waals surface area contributed by atoms with Crippen molar-refractivity contribution in [3.05, 3.63) is 0 Å². The summed E-state index contributed by atoms with van der Waals surface area (Å²) in [7, 11) is -1.67. The molecule has 0 atom stereocenters. The number of nitrogens with zero attached hydrogens (tertiary/aromatic N) is 1. The molecule has 19 heavy (non-hydrogen) atoms. The van der Waals surface area contributed by atoms with Crippen molar-refractivity contribution in [1.82, 2.24) is 14.3 Å². The molecule has 1 aliphatic heterocycles. The van der Waals surface area contributed by atoms with Gasteiger partial charge in [-0.2, -0.15) is 29.2 Å². The molecule has 0 aromatic heterocycles. The highest BCUT2D eigenvalue weighted by Gasteiger charge is 2.23. The second kappa shape index (κ2) is 8.46. The Morgan fingerprint density at radius 1 is 1.32 bits per heavy atom. The van der Waals surface area contributed by atoms with Crippen molar-refractivity contribution >= 4 is 22.0 Å². The Morgan fingerprint density at radius 2 is 1.95 bits per heavy atom. The maximum absolute atomic E-state index is 12.1. The van der Waals surface area contributed by atoms with Gasteiger partial charge in [-0.05, 0) is 37.3 Å². The molecule has 7 heteroatoms. The van der Waals surface area contributed by atoms with Crippen molar-refractivity contribution in [2.45, 2.75) is 45.2 Å². The Kier molecular flexibility index (Phi) is 7.68. The van der Waals surface area contributed by atoms with Crippen LogP contribution in [0.2, 0.25) is 0 Å². The molecule has 0 saturated carbocycles. The van der Waals surface area contributed by atoms with Gasteiger partial charge in [0.1, 0.15) is 0 Å². The lowest BCUT2D eigenvalue weighted by atomic mass is 10.2. The predicted octanol–water partition coefficient (Wildman–Crippen LogP) is 1.04. The van der Waals surface area contributed by atoms with Gasteiger partial charge in [0.05, 0.1) is 0 Å².